The summed E-state index contributed by atoms with van der Waals surface area (Å²) >= 11 is 0. The number of aliphatic hydroxyl groups is 1. The lowest BCUT2D eigenvalue weighted by molar-refractivity contribution is -0.0167. The molecule has 4 bridgehead atoms. The molecule has 4 aliphatic carbocycles. The first kappa shape index (κ1) is 26.6. The molecule has 1 unspecified atom stereocenters. The van der Waals surface area contributed by atoms with Crippen LogP contribution in [0.1, 0.15) is 68.1 Å². The molecule has 1 saturated heterocycles. The molecule has 1 amide bonds. The zero-order valence-corrected chi connectivity index (χ0v) is 23.1. The maximum absolute atomic E-state index is 15.2. The van der Waals surface area contributed by atoms with Crippen molar-refractivity contribution in [2.24, 2.45) is 23.7 Å². The molecule has 216 valence electrons. The van der Waals surface area contributed by atoms with Crippen molar-refractivity contribution in [3.05, 3.63) is 63.9 Å². The van der Waals surface area contributed by atoms with E-state index < -0.39 is 23.0 Å². The van der Waals surface area contributed by atoms with E-state index >= 15 is 4.39 Å². The van der Waals surface area contributed by atoms with Gasteiger partial charge in [-0.2, -0.15) is 0 Å². The zero-order chi connectivity index (χ0) is 28.3. The van der Waals surface area contributed by atoms with E-state index in [-0.39, 0.29) is 34.4 Å². The summed E-state index contributed by atoms with van der Waals surface area (Å²) in [6.07, 6.45) is 10.6. The third kappa shape index (κ3) is 4.82. The Balaban J connectivity index is 1.30. The lowest BCUT2D eigenvalue weighted by Gasteiger charge is -2.56. The average Bonchev–Trinajstić information content (AvgIpc) is 2.93. The fourth-order valence-corrected chi connectivity index (χ4v) is 8.65. The molecule has 1 aliphatic heterocycles. The molecule has 7 nitrogen and oxygen atoms in total. The average molecular weight is 563 g/mol. The molecule has 3 aromatic rings. The summed E-state index contributed by atoms with van der Waals surface area (Å²) in [4.78, 5) is 34.5. The number of anilines is 1. The van der Waals surface area contributed by atoms with E-state index in [1.807, 2.05) is 0 Å². The molecular weight excluding hydrogens is 526 g/mol. The quantitative estimate of drug-likeness (QED) is 0.444. The predicted molar refractivity (Wildman–Crippen MR) is 152 cm³/mol. The Morgan fingerprint density at radius 2 is 1.80 bits per heavy atom. The molecule has 9 heteroatoms. The van der Waals surface area contributed by atoms with E-state index in [9.17, 15) is 19.1 Å². The number of aliphatic hydroxyl groups excluding tert-OH is 1. The maximum Gasteiger partial charge on any atom is 0.257 e. The Bertz CT molecular complexity index is 1530. The van der Waals surface area contributed by atoms with Gasteiger partial charge in [-0.05, 0) is 106 Å². The predicted octanol–water partition coefficient (Wildman–Crippen LogP) is 4.96. The standard InChI is InChI=1S/C32H36F2N4O3/c33-23-3-5-27(26(34)13-23)38-18-25(31(41)36-32-14-20-10-21(15-32)12-22(11-20)16-32)29(40)24-4-6-28(35-30(24)38)37-8-1-2-19(17-37)7-9-39/h3-6,13,18-22,39H,1-2,7-12,14-17H2,(H,36,41). The topological polar surface area (TPSA) is 87.5 Å². The molecule has 41 heavy (non-hydrogen) atoms. The van der Waals surface area contributed by atoms with Gasteiger partial charge in [-0.15, -0.1) is 0 Å². The van der Waals surface area contributed by atoms with Crippen LogP contribution in [0.3, 0.4) is 0 Å². The monoisotopic (exact) mass is 562 g/mol. The molecule has 4 saturated carbocycles. The minimum absolute atomic E-state index is 0.0155. The molecule has 1 aromatic carbocycles. The molecule has 0 radical (unpaired) electrons. The number of pyridine rings is 2. The van der Waals surface area contributed by atoms with Gasteiger partial charge in [-0.3, -0.25) is 14.2 Å². The second kappa shape index (κ2) is 10.2. The first-order chi connectivity index (χ1) is 19.8. The van der Waals surface area contributed by atoms with Gasteiger partial charge in [0.1, 0.15) is 23.0 Å². The molecule has 2 N–H and O–H groups in total. The first-order valence-corrected chi connectivity index (χ1v) is 15.0. The van der Waals surface area contributed by atoms with E-state index in [1.54, 1.807) is 12.1 Å². The van der Waals surface area contributed by atoms with Crippen LogP contribution in [0.4, 0.5) is 14.6 Å². The van der Waals surface area contributed by atoms with E-state index in [2.05, 4.69) is 10.2 Å². The molecule has 1 atom stereocenters. The van der Waals surface area contributed by atoms with Gasteiger partial charge >= 0.3 is 0 Å². The van der Waals surface area contributed by atoms with Crippen LogP contribution < -0.4 is 15.6 Å². The second-order valence-corrected chi connectivity index (χ2v) is 13.0. The number of carbonyl (C=O) groups is 1. The zero-order valence-electron chi connectivity index (χ0n) is 23.1. The van der Waals surface area contributed by atoms with Gasteiger partial charge in [0.05, 0.1) is 11.1 Å². The fraction of sp³-hybridized carbons (Fsp3) is 0.531. The smallest absolute Gasteiger partial charge is 0.257 e. The van der Waals surface area contributed by atoms with Crippen molar-refractivity contribution >= 4 is 22.8 Å². The van der Waals surface area contributed by atoms with Crippen LogP contribution in [0.25, 0.3) is 16.7 Å². The number of hydrogen-bond acceptors (Lipinski definition) is 5. The van der Waals surface area contributed by atoms with E-state index in [0.29, 0.717) is 35.9 Å². The van der Waals surface area contributed by atoms with E-state index in [0.717, 1.165) is 57.3 Å². The van der Waals surface area contributed by atoms with Crippen LogP contribution in [0.15, 0.2) is 41.3 Å². The highest BCUT2D eigenvalue weighted by Gasteiger charge is 2.51. The Kier molecular flexibility index (Phi) is 6.60. The number of benzene rings is 1. The first-order valence-electron chi connectivity index (χ1n) is 15.0. The van der Waals surface area contributed by atoms with Crippen LogP contribution >= 0.6 is 0 Å². The number of piperidine rings is 1. The highest BCUT2D eigenvalue weighted by Crippen LogP contribution is 2.55. The lowest BCUT2D eigenvalue weighted by Crippen LogP contribution is -2.60. The van der Waals surface area contributed by atoms with Gasteiger partial charge in [-0.25, -0.2) is 13.8 Å². The minimum Gasteiger partial charge on any atom is -0.396 e. The van der Waals surface area contributed by atoms with Crippen molar-refractivity contribution in [3.8, 4) is 5.69 Å². The van der Waals surface area contributed by atoms with Crippen LogP contribution in [0, 0.1) is 35.3 Å². The third-order valence-electron chi connectivity index (χ3n) is 10.0. The van der Waals surface area contributed by atoms with Crippen molar-refractivity contribution in [1.29, 1.82) is 0 Å². The molecule has 5 aliphatic rings. The maximum atomic E-state index is 15.2. The molecule has 5 fully saturated rings. The Morgan fingerprint density at radius 3 is 2.49 bits per heavy atom. The second-order valence-electron chi connectivity index (χ2n) is 13.0. The fourth-order valence-electron chi connectivity index (χ4n) is 8.65. The largest absolute Gasteiger partial charge is 0.396 e. The number of rotatable bonds is 6. The number of halogens is 2. The van der Waals surface area contributed by atoms with Gasteiger partial charge in [0.25, 0.3) is 5.91 Å². The van der Waals surface area contributed by atoms with Crippen LogP contribution in [0.5, 0.6) is 0 Å². The Hall–Kier alpha value is -3.33. The van der Waals surface area contributed by atoms with Crippen LogP contribution in [0.2, 0.25) is 0 Å². The van der Waals surface area contributed by atoms with E-state index in [1.165, 1.54) is 36.1 Å². The Morgan fingerprint density at radius 1 is 1.07 bits per heavy atom. The Labute approximate surface area is 237 Å². The number of fused-ring (bicyclic) bond motifs is 1. The van der Waals surface area contributed by atoms with Gasteiger partial charge < -0.3 is 15.3 Å². The summed E-state index contributed by atoms with van der Waals surface area (Å²) in [6, 6.07) is 6.70. The third-order valence-corrected chi connectivity index (χ3v) is 10.0. The van der Waals surface area contributed by atoms with Crippen molar-refractivity contribution in [3.63, 3.8) is 0 Å². The van der Waals surface area contributed by atoms with Gasteiger partial charge in [0.15, 0.2) is 5.65 Å². The van der Waals surface area contributed by atoms with Crippen molar-refractivity contribution in [2.45, 2.75) is 63.3 Å². The molecular formula is C32H36F2N4O3. The van der Waals surface area contributed by atoms with E-state index in [4.69, 9.17) is 4.98 Å². The number of nitrogens with zero attached hydrogens (tertiary/aromatic N) is 3. The molecule has 2 aromatic heterocycles. The summed E-state index contributed by atoms with van der Waals surface area (Å²) in [7, 11) is 0. The molecule has 8 rings (SSSR count). The summed E-state index contributed by atoms with van der Waals surface area (Å²) in [5, 5.41) is 12.9. The van der Waals surface area contributed by atoms with Crippen molar-refractivity contribution in [2.75, 3.05) is 24.6 Å². The normalized spacial score (nSPS) is 28.8. The number of nitrogens with one attached hydrogen (secondary N) is 1. The number of aromatic nitrogens is 2. The molecule has 0 spiro atoms. The van der Waals surface area contributed by atoms with Gasteiger partial charge in [0.2, 0.25) is 5.43 Å². The highest BCUT2D eigenvalue weighted by atomic mass is 19.1. The highest BCUT2D eigenvalue weighted by molar-refractivity contribution is 5.97. The summed E-state index contributed by atoms with van der Waals surface area (Å²) in [5.41, 5.74) is -0.569. The minimum atomic E-state index is -0.810. The summed E-state index contributed by atoms with van der Waals surface area (Å²) in [5.74, 6) is 0.874. The van der Waals surface area contributed by atoms with Crippen molar-refractivity contribution < 1.29 is 18.7 Å². The number of hydrogen-bond donors (Lipinski definition) is 2. The van der Waals surface area contributed by atoms with Crippen LogP contribution in [-0.2, 0) is 0 Å². The van der Waals surface area contributed by atoms with Crippen molar-refractivity contribution in [1.82, 2.24) is 14.9 Å². The number of carbonyl (C=O) groups excluding carboxylic acids is 1. The number of amides is 1. The van der Waals surface area contributed by atoms with Crippen LogP contribution in [-0.4, -0.2) is 45.8 Å². The lowest BCUT2D eigenvalue weighted by atomic mass is 9.53. The SMILES string of the molecule is O=C(NC12CC3CC(CC(C3)C1)C2)c1cn(-c2ccc(F)cc2F)c2nc(N3CCCC(CCO)C3)ccc2c1=O. The summed E-state index contributed by atoms with van der Waals surface area (Å²) < 4.78 is 30.5. The molecule has 3 heterocycles. The van der Waals surface area contributed by atoms with Gasteiger partial charge in [0, 0.05) is 37.5 Å². The van der Waals surface area contributed by atoms with Gasteiger partial charge in [-0.1, -0.05) is 0 Å². The summed E-state index contributed by atoms with van der Waals surface area (Å²) in [6.45, 7) is 1.63.